The van der Waals surface area contributed by atoms with Gasteiger partial charge >= 0.3 is 37.6 Å². The van der Waals surface area contributed by atoms with Crippen molar-refractivity contribution in [3.05, 3.63) is 29.8 Å². The van der Waals surface area contributed by atoms with Gasteiger partial charge in [-0.15, -0.1) is 0 Å². The molecular weight excluding hydrogens is 198 g/mol. The van der Waals surface area contributed by atoms with Gasteiger partial charge in [0, 0.05) is 0 Å². The molecule has 0 bridgehead atoms. The summed E-state index contributed by atoms with van der Waals surface area (Å²) in [5.74, 6) is -0.232. The quantitative estimate of drug-likeness (QED) is 0.308. The summed E-state index contributed by atoms with van der Waals surface area (Å²) < 4.78 is 10.6. The van der Waals surface area contributed by atoms with Crippen molar-refractivity contribution in [2.24, 2.45) is 0 Å². The number of Topliss-reactive ketones (excluding diaryl/α,β-unsaturated/α-hetero) is 1. The maximum absolute atomic E-state index is 10.9. The zero-order valence-electron chi connectivity index (χ0n) is 7.48. The summed E-state index contributed by atoms with van der Waals surface area (Å²) in [6.45, 7) is 1.34. The van der Waals surface area contributed by atoms with E-state index in [1.54, 1.807) is 12.1 Å². The molecule has 0 saturated carbocycles. The van der Waals surface area contributed by atoms with E-state index in [-0.39, 0.29) is 46.2 Å². The van der Waals surface area contributed by atoms with Crippen molar-refractivity contribution in [3.8, 4) is 0 Å². The topological polar surface area (TPSA) is 57.2 Å². The molecule has 0 aliphatic carbocycles. The van der Waals surface area contributed by atoms with E-state index < -0.39 is 8.03 Å². The number of rotatable bonds is 2. The predicted octanol–water partition coefficient (Wildman–Crippen LogP) is -2.38. The monoisotopic (exact) mass is 205 g/mol. The second kappa shape index (κ2) is 5.63. The van der Waals surface area contributed by atoms with Gasteiger partial charge in [0.25, 0.3) is 0 Å². The molecule has 0 aliphatic rings. The van der Waals surface area contributed by atoms with Crippen molar-refractivity contribution < 1.29 is 43.8 Å². The van der Waals surface area contributed by atoms with Gasteiger partial charge < -0.3 is 4.89 Å². The van der Waals surface area contributed by atoms with Crippen molar-refractivity contribution in [3.63, 3.8) is 0 Å². The first kappa shape index (κ1) is 12.9. The maximum Gasteiger partial charge on any atom is 1.00 e. The Kier molecular flexibility index (Phi) is 5.61. The van der Waals surface area contributed by atoms with Gasteiger partial charge in [0.05, 0.1) is 5.56 Å². The molecule has 0 aliphatic heterocycles. The third-order valence-electron chi connectivity index (χ3n) is 1.48. The van der Waals surface area contributed by atoms with Gasteiger partial charge in [0.1, 0.15) is 0 Å². The van der Waals surface area contributed by atoms with E-state index in [0.717, 1.165) is 0 Å². The van der Waals surface area contributed by atoms with E-state index >= 15 is 0 Å². The summed E-state index contributed by atoms with van der Waals surface area (Å²) >= 11 is 0. The fourth-order valence-electron chi connectivity index (χ4n) is 0.931. The van der Waals surface area contributed by atoms with E-state index in [9.17, 15) is 14.3 Å². The van der Waals surface area contributed by atoms with Crippen molar-refractivity contribution in [1.29, 1.82) is 0 Å². The SMILES string of the molecule is CC(=O)c1ccccc1[P+](=O)[O-].[Na+]. The van der Waals surface area contributed by atoms with Crippen LogP contribution >= 0.6 is 8.03 Å². The van der Waals surface area contributed by atoms with Crippen LogP contribution in [0.2, 0.25) is 0 Å². The van der Waals surface area contributed by atoms with Crippen LogP contribution in [-0.2, 0) is 4.57 Å². The summed E-state index contributed by atoms with van der Waals surface area (Å²) in [6.07, 6.45) is 0. The Morgan fingerprint density at radius 2 is 1.92 bits per heavy atom. The van der Waals surface area contributed by atoms with Crippen LogP contribution in [0.1, 0.15) is 17.3 Å². The molecule has 0 saturated heterocycles. The minimum atomic E-state index is -2.67. The first-order valence-corrected chi connectivity index (χ1v) is 4.55. The van der Waals surface area contributed by atoms with Crippen LogP contribution in [0.15, 0.2) is 24.3 Å². The number of hydrogen-bond acceptors (Lipinski definition) is 3. The molecule has 5 heteroatoms. The Labute approximate surface area is 99.3 Å². The van der Waals surface area contributed by atoms with Gasteiger partial charge in [-0.1, -0.05) is 16.7 Å². The van der Waals surface area contributed by atoms with Gasteiger partial charge in [-0.25, -0.2) is 0 Å². The molecule has 0 radical (unpaired) electrons. The molecule has 0 fully saturated rings. The largest absolute Gasteiger partial charge is 1.00 e. The Balaban J connectivity index is 0.00000144. The number of benzene rings is 1. The van der Waals surface area contributed by atoms with Crippen molar-refractivity contribution >= 4 is 19.1 Å². The van der Waals surface area contributed by atoms with E-state index in [2.05, 4.69) is 0 Å². The van der Waals surface area contributed by atoms with Gasteiger partial charge in [0.15, 0.2) is 11.1 Å². The van der Waals surface area contributed by atoms with Gasteiger partial charge in [0.2, 0.25) is 0 Å². The van der Waals surface area contributed by atoms with E-state index in [1.165, 1.54) is 19.1 Å². The molecule has 1 aromatic carbocycles. The number of carbonyl (C=O) groups excluding carboxylic acids is 1. The second-order valence-electron chi connectivity index (χ2n) is 2.33. The van der Waals surface area contributed by atoms with Crippen LogP contribution < -0.4 is 39.8 Å². The van der Waals surface area contributed by atoms with Crippen LogP contribution in [0.3, 0.4) is 0 Å². The minimum Gasteiger partial charge on any atom is -0.591 e. The number of ketones is 1. The van der Waals surface area contributed by atoms with Crippen LogP contribution in [0, 0.1) is 0 Å². The van der Waals surface area contributed by atoms with Crippen molar-refractivity contribution in [2.45, 2.75) is 6.92 Å². The van der Waals surface area contributed by atoms with Crippen LogP contribution in [-0.4, -0.2) is 5.78 Å². The van der Waals surface area contributed by atoms with Crippen molar-refractivity contribution in [1.82, 2.24) is 0 Å². The summed E-state index contributed by atoms with van der Waals surface area (Å²) in [4.78, 5) is 21.5. The molecule has 0 spiro atoms. The molecule has 0 aromatic heterocycles. The van der Waals surface area contributed by atoms with Crippen LogP contribution in [0.25, 0.3) is 0 Å². The Morgan fingerprint density at radius 3 is 2.31 bits per heavy atom. The molecule has 1 rings (SSSR count). The molecule has 1 atom stereocenters. The third kappa shape index (κ3) is 3.29. The molecule has 0 N–H and O–H groups in total. The van der Waals surface area contributed by atoms with Gasteiger partial charge in [-0.05, 0) is 19.1 Å². The fourth-order valence-corrected chi connectivity index (χ4v) is 1.57. The van der Waals surface area contributed by atoms with Crippen molar-refractivity contribution in [2.75, 3.05) is 0 Å². The molecule has 0 amide bonds. The molecule has 13 heavy (non-hydrogen) atoms. The molecule has 3 nitrogen and oxygen atoms in total. The first-order valence-electron chi connectivity index (χ1n) is 3.37. The predicted molar refractivity (Wildman–Crippen MR) is 43.7 cm³/mol. The van der Waals surface area contributed by atoms with E-state index in [0.29, 0.717) is 0 Å². The average molecular weight is 205 g/mol. The summed E-state index contributed by atoms with van der Waals surface area (Å²) in [5.41, 5.74) is 0.258. The molecule has 0 heterocycles. The van der Waals surface area contributed by atoms with Gasteiger partial charge in [-0.3, -0.25) is 4.79 Å². The summed E-state index contributed by atoms with van der Waals surface area (Å²) in [5, 5.41) is 0.0972. The van der Waals surface area contributed by atoms with Crippen LogP contribution in [0.4, 0.5) is 0 Å². The fraction of sp³-hybridized carbons (Fsp3) is 0.125. The Morgan fingerprint density at radius 1 is 1.38 bits per heavy atom. The normalized spacial score (nSPS) is 10.2. The standard InChI is InChI=1S/C8H7O3P.Na/c1-6(9)7-4-2-3-5-8(7)12(10)11;/h2-5H,1H3;/q;+1. The zero-order valence-corrected chi connectivity index (χ0v) is 10.4. The number of carbonyl (C=O) groups is 1. The third-order valence-corrected chi connectivity index (χ3v) is 2.26. The smallest absolute Gasteiger partial charge is 0.591 e. The first-order chi connectivity index (χ1) is 5.63. The Bertz CT molecular complexity index is 305. The van der Waals surface area contributed by atoms with E-state index in [1.807, 2.05) is 0 Å². The second-order valence-corrected chi connectivity index (χ2v) is 3.33. The molecule has 1 unspecified atom stereocenters. The zero-order chi connectivity index (χ0) is 9.14. The maximum atomic E-state index is 10.9. The molecular formula is C8H7NaO3P+. The Hall–Kier alpha value is -0.0500. The molecule has 1 aromatic rings. The average Bonchev–Trinajstić information content (AvgIpc) is 2.04. The van der Waals surface area contributed by atoms with Crippen LogP contribution in [0.5, 0.6) is 0 Å². The summed E-state index contributed by atoms with van der Waals surface area (Å²) in [7, 11) is -2.67. The van der Waals surface area contributed by atoms with Gasteiger partial charge in [-0.2, -0.15) is 0 Å². The summed E-state index contributed by atoms with van der Waals surface area (Å²) in [6, 6.07) is 6.15. The minimum absolute atomic E-state index is 0. The molecule has 62 valence electrons. The van der Waals surface area contributed by atoms with E-state index in [4.69, 9.17) is 0 Å². The number of hydrogen-bond donors (Lipinski definition) is 0.